The Kier molecular flexibility index (Phi) is 6.19. The predicted molar refractivity (Wildman–Crippen MR) is 59.6 cm³/mol. The van der Waals surface area contributed by atoms with Crippen LogP contribution in [0.25, 0.3) is 0 Å². The highest BCUT2D eigenvalue weighted by Gasteiger charge is 2.12. The molecule has 14 heavy (non-hydrogen) atoms. The van der Waals surface area contributed by atoms with Gasteiger partial charge in [-0.25, -0.2) is 0 Å². The molecule has 0 saturated heterocycles. The normalized spacial score (nSPS) is 18.1. The second-order valence-electron chi connectivity index (χ2n) is 3.61. The molecular formula is C10H18BrNO2. The molecule has 0 radical (unpaired) electrons. The van der Waals surface area contributed by atoms with E-state index in [2.05, 4.69) is 21.2 Å². The lowest BCUT2D eigenvalue weighted by atomic mass is 9.98. The minimum atomic E-state index is 0.0252. The first kappa shape index (κ1) is 12.0. The third-order valence-corrected chi connectivity index (χ3v) is 2.96. The molecule has 1 saturated carbocycles. The Labute approximate surface area is 93.7 Å². The SMILES string of the molecule is O=C(CBr)NCCOC1CCCCC1. The van der Waals surface area contributed by atoms with Gasteiger partial charge in [-0.3, -0.25) is 4.79 Å². The van der Waals surface area contributed by atoms with Crippen LogP contribution in [-0.2, 0) is 9.53 Å². The lowest BCUT2D eigenvalue weighted by molar-refractivity contribution is -0.118. The van der Waals surface area contributed by atoms with Gasteiger partial charge in [0.15, 0.2) is 0 Å². The fourth-order valence-electron chi connectivity index (χ4n) is 1.70. The van der Waals surface area contributed by atoms with Crippen LogP contribution >= 0.6 is 15.9 Å². The molecule has 0 unspecified atom stereocenters. The molecule has 3 nitrogen and oxygen atoms in total. The Morgan fingerprint density at radius 1 is 1.36 bits per heavy atom. The molecule has 1 N–H and O–H groups in total. The van der Waals surface area contributed by atoms with E-state index in [1.54, 1.807) is 0 Å². The zero-order chi connectivity index (χ0) is 10.2. The Morgan fingerprint density at radius 3 is 2.71 bits per heavy atom. The largest absolute Gasteiger partial charge is 0.376 e. The van der Waals surface area contributed by atoms with E-state index in [1.165, 1.54) is 32.1 Å². The van der Waals surface area contributed by atoms with Gasteiger partial charge in [0.25, 0.3) is 0 Å². The standard InChI is InChI=1S/C10H18BrNO2/c11-8-10(13)12-6-7-14-9-4-2-1-3-5-9/h9H,1-8H2,(H,12,13). The molecule has 4 heteroatoms. The molecular weight excluding hydrogens is 246 g/mol. The van der Waals surface area contributed by atoms with Gasteiger partial charge in [0.05, 0.1) is 18.0 Å². The fourth-order valence-corrected chi connectivity index (χ4v) is 1.89. The van der Waals surface area contributed by atoms with Gasteiger partial charge in [-0.1, -0.05) is 35.2 Å². The van der Waals surface area contributed by atoms with E-state index in [9.17, 15) is 4.79 Å². The van der Waals surface area contributed by atoms with Crippen molar-refractivity contribution in [3.05, 3.63) is 0 Å². The van der Waals surface area contributed by atoms with Gasteiger partial charge < -0.3 is 10.1 Å². The summed E-state index contributed by atoms with van der Waals surface area (Å²) in [4.78, 5) is 10.8. The molecule has 1 amide bonds. The Balaban J connectivity index is 1.94. The van der Waals surface area contributed by atoms with Gasteiger partial charge in [-0.05, 0) is 12.8 Å². The Bertz CT molecular complexity index is 170. The first-order valence-electron chi connectivity index (χ1n) is 5.27. The molecule has 0 spiro atoms. The van der Waals surface area contributed by atoms with Crippen LogP contribution in [0.5, 0.6) is 0 Å². The predicted octanol–water partition coefficient (Wildman–Crippen LogP) is 1.85. The molecule has 1 aliphatic carbocycles. The quantitative estimate of drug-likeness (QED) is 0.608. The number of carbonyl (C=O) groups is 1. The summed E-state index contributed by atoms with van der Waals surface area (Å²) < 4.78 is 5.65. The van der Waals surface area contributed by atoms with Gasteiger partial charge in [0.1, 0.15) is 0 Å². The highest BCUT2D eigenvalue weighted by Crippen LogP contribution is 2.19. The average molecular weight is 264 g/mol. The monoisotopic (exact) mass is 263 g/mol. The van der Waals surface area contributed by atoms with Gasteiger partial charge in [0.2, 0.25) is 5.91 Å². The summed E-state index contributed by atoms with van der Waals surface area (Å²) in [5.74, 6) is 0.0252. The van der Waals surface area contributed by atoms with Crippen LogP contribution in [0.3, 0.4) is 0 Å². The average Bonchev–Trinajstić information content (AvgIpc) is 2.25. The van der Waals surface area contributed by atoms with Crippen molar-refractivity contribution in [2.45, 2.75) is 38.2 Å². The fraction of sp³-hybridized carbons (Fsp3) is 0.900. The maximum absolute atomic E-state index is 10.8. The minimum absolute atomic E-state index is 0.0252. The topological polar surface area (TPSA) is 38.3 Å². The molecule has 0 atom stereocenters. The third kappa shape index (κ3) is 4.96. The summed E-state index contributed by atoms with van der Waals surface area (Å²) >= 11 is 3.09. The lowest BCUT2D eigenvalue weighted by Crippen LogP contribution is -2.29. The van der Waals surface area contributed by atoms with E-state index in [1.807, 2.05) is 0 Å². The highest BCUT2D eigenvalue weighted by molar-refractivity contribution is 9.09. The Morgan fingerprint density at radius 2 is 2.07 bits per heavy atom. The van der Waals surface area contributed by atoms with E-state index < -0.39 is 0 Å². The third-order valence-electron chi connectivity index (χ3n) is 2.45. The second kappa shape index (κ2) is 7.23. The first-order chi connectivity index (χ1) is 6.83. The van der Waals surface area contributed by atoms with Gasteiger partial charge in [0, 0.05) is 6.54 Å². The molecule has 0 aromatic rings. The van der Waals surface area contributed by atoms with Crippen molar-refractivity contribution in [3.63, 3.8) is 0 Å². The van der Waals surface area contributed by atoms with Crippen LogP contribution in [-0.4, -0.2) is 30.5 Å². The number of alkyl halides is 1. The van der Waals surface area contributed by atoms with Gasteiger partial charge >= 0.3 is 0 Å². The van der Waals surface area contributed by atoms with Crippen molar-refractivity contribution in [1.82, 2.24) is 5.32 Å². The van der Waals surface area contributed by atoms with Crippen LogP contribution in [0.1, 0.15) is 32.1 Å². The van der Waals surface area contributed by atoms with E-state index in [-0.39, 0.29) is 5.91 Å². The number of nitrogens with one attached hydrogen (secondary N) is 1. The van der Waals surface area contributed by atoms with Crippen molar-refractivity contribution >= 4 is 21.8 Å². The molecule has 0 aliphatic heterocycles. The summed E-state index contributed by atoms with van der Waals surface area (Å²) in [6.07, 6.45) is 6.74. The number of rotatable bonds is 5. The van der Waals surface area contributed by atoms with Crippen molar-refractivity contribution in [2.75, 3.05) is 18.5 Å². The van der Waals surface area contributed by atoms with Gasteiger partial charge in [-0.15, -0.1) is 0 Å². The summed E-state index contributed by atoms with van der Waals surface area (Å²) in [6.45, 7) is 1.27. The molecule has 82 valence electrons. The summed E-state index contributed by atoms with van der Waals surface area (Å²) in [6, 6.07) is 0. The number of hydrogen-bond acceptors (Lipinski definition) is 2. The molecule has 0 aromatic heterocycles. The van der Waals surface area contributed by atoms with E-state index in [0.29, 0.717) is 24.6 Å². The number of amides is 1. The summed E-state index contributed by atoms with van der Waals surface area (Å²) in [5, 5.41) is 3.13. The van der Waals surface area contributed by atoms with Crippen LogP contribution in [0, 0.1) is 0 Å². The maximum Gasteiger partial charge on any atom is 0.230 e. The zero-order valence-electron chi connectivity index (χ0n) is 8.43. The van der Waals surface area contributed by atoms with E-state index >= 15 is 0 Å². The van der Waals surface area contributed by atoms with Crippen molar-refractivity contribution in [1.29, 1.82) is 0 Å². The molecule has 1 fully saturated rings. The smallest absolute Gasteiger partial charge is 0.230 e. The maximum atomic E-state index is 10.8. The van der Waals surface area contributed by atoms with Gasteiger partial charge in [-0.2, -0.15) is 0 Å². The molecule has 0 heterocycles. The second-order valence-corrected chi connectivity index (χ2v) is 4.18. The molecule has 0 aromatic carbocycles. The molecule has 0 bridgehead atoms. The zero-order valence-corrected chi connectivity index (χ0v) is 10.0. The Hall–Kier alpha value is -0.0900. The number of ether oxygens (including phenoxy) is 1. The van der Waals surface area contributed by atoms with Crippen molar-refractivity contribution < 1.29 is 9.53 Å². The van der Waals surface area contributed by atoms with Crippen LogP contribution in [0.2, 0.25) is 0 Å². The molecule has 1 rings (SSSR count). The minimum Gasteiger partial charge on any atom is -0.376 e. The summed E-state index contributed by atoms with van der Waals surface area (Å²) in [5.41, 5.74) is 0. The number of carbonyl (C=O) groups excluding carboxylic acids is 1. The molecule has 1 aliphatic rings. The number of hydrogen-bond donors (Lipinski definition) is 1. The van der Waals surface area contributed by atoms with E-state index in [4.69, 9.17) is 4.74 Å². The van der Waals surface area contributed by atoms with Crippen LogP contribution in [0.15, 0.2) is 0 Å². The lowest BCUT2D eigenvalue weighted by Gasteiger charge is -2.21. The van der Waals surface area contributed by atoms with E-state index in [0.717, 1.165) is 0 Å². The number of halogens is 1. The first-order valence-corrected chi connectivity index (χ1v) is 6.39. The van der Waals surface area contributed by atoms with Crippen molar-refractivity contribution in [2.24, 2.45) is 0 Å². The van der Waals surface area contributed by atoms with Crippen LogP contribution in [0.4, 0.5) is 0 Å². The highest BCUT2D eigenvalue weighted by atomic mass is 79.9. The summed E-state index contributed by atoms with van der Waals surface area (Å²) in [7, 11) is 0. The van der Waals surface area contributed by atoms with Crippen molar-refractivity contribution in [3.8, 4) is 0 Å². The van der Waals surface area contributed by atoms with Crippen LogP contribution < -0.4 is 5.32 Å².